The number of fused-ring (bicyclic) bond motifs is 1. The highest BCUT2D eigenvalue weighted by atomic mass is 19.1. The van der Waals surface area contributed by atoms with Crippen LogP contribution in [0.1, 0.15) is 22.6 Å². The first-order valence-corrected chi connectivity index (χ1v) is 8.50. The summed E-state index contributed by atoms with van der Waals surface area (Å²) in [5.41, 5.74) is 7.57. The van der Waals surface area contributed by atoms with Gasteiger partial charge in [0.15, 0.2) is 11.4 Å². The van der Waals surface area contributed by atoms with Gasteiger partial charge in [-0.15, -0.1) is 0 Å². The van der Waals surface area contributed by atoms with Crippen LogP contribution in [-0.4, -0.2) is 21.3 Å². The smallest absolute Gasteiger partial charge is 0.200 e. The minimum Gasteiger partial charge on any atom is -0.508 e. The number of hydrogen-bond donors (Lipinski definition) is 4. The molecule has 1 atom stereocenters. The van der Waals surface area contributed by atoms with Crippen molar-refractivity contribution < 1.29 is 19.2 Å². The van der Waals surface area contributed by atoms with Crippen molar-refractivity contribution in [2.45, 2.75) is 13.8 Å². The van der Waals surface area contributed by atoms with Gasteiger partial charge in [0.2, 0.25) is 5.70 Å². The normalized spacial score (nSPS) is 18.4. The van der Waals surface area contributed by atoms with Crippen molar-refractivity contribution in [3.05, 3.63) is 70.9 Å². The molecule has 0 radical (unpaired) electrons. The molecule has 0 saturated heterocycles. The second-order valence-corrected chi connectivity index (χ2v) is 6.62. The molecular weight excluding hydrogens is 363 g/mol. The number of aromatic nitrogens is 1. The lowest BCUT2D eigenvalue weighted by Gasteiger charge is -2.27. The molecule has 7 nitrogen and oxygen atoms in total. The lowest BCUT2D eigenvalue weighted by atomic mass is 10.00. The number of nitrogens with one attached hydrogen (secondary N) is 1. The van der Waals surface area contributed by atoms with Gasteiger partial charge in [0, 0.05) is 18.2 Å². The molecule has 1 unspecified atom stereocenters. The van der Waals surface area contributed by atoms with Gasteiger partial charge in [0.05, 0.1) is 16.8 Å². The second-order valence-electron chi connectivity index (χ2n) is 6.62. The van der Waals surface area contributed by atoms with Crippen molar-refractivity contribution in [1.82, 2.24) is 9.80 Å². The highest BCUT2D eigenvalue weighted by Crippen LogP contribution is 2.54. The van der Waals surface area contributed by atoms with E-state index in [1.54, 1.807) is 19.9 Å². The molecule has 1 aliphatic heterocycles. The third-order valence-electron chi connectivity index (χ3n) is 4.91. The molecule has 2 heterocycles. The number of nitrogens with two attached hydrogens (primary N) is 1. The number of hydrogen-bond acceptors (Lipinski definition) is 5. The average molecular weight is 381 g/mol. The topological polar surface area (TPSA) is 116 Å². The number of benzene rings is 2. The molecule has 8 heteroatoms. The predicted octanol–water partition coefficient (Wildman–Crippen LogP) is 3.98. The number of nitrogens with zero attached hydrogens (tertiary/aromatic N) is 2. The van der Waals surface area contributed by atoms with Gasteiger partial charge in [0.1, 0.15) is 28.7 Å². The van der Waals surface area contributed by atoms with Gasteiger partial charge in [-0.2, -0.15) is 0 Å². The first kappa shape index (κ1) is 17.9. The zero-order valence-corrected chi connectivity index (χ0v) is 15.2. The molecule has 2 aromatic carbocycles. The van der Waals surface area contributed by atoms with Crippen LogP contribution in [0.2, 0.25) is 0 Å². The molecule has 0 saturated carbocycles. The van der Waals surface area contributed by atoms with Crippen LogP contribution in [0.25, 0.3) is 11.3 Å². The maximum Gasteiger partial charge on any atom is 0.200 e. The number of quaternary nitrogens is 1. The molecule has 3 aromatic rings. The summed E-state index contributed by atoms with van der Waals surface area (Å²) in [4.78, 5) is 0. The van der Waals surface area contributed by atoms with Gasteiger partial charge in [-0.25, -0.2) is 9.60 Å². The summed E-state index contributed by atoms with van der Waals surface area (Å²) in [5.74, 6) is -0.590. The number of aryl methyl sites for hydroxylation is 2. The van der Waals surface area contributed by atoms with Crippen LogP contribution in [0.3, 0.4) is 0 Å². The summed E-state index contributed by atoms with van der Waals surface area (Å²) in [6.45, 7) is 3.36. The lowest BCUT2D eigenvalue weighted by molar-refractivity contribution is 0.0421. The van der Waals surface area contributed by atoms with E-state index in [-0.39, 0.29) is 28.3 Å². The summed E-state index contributed by atoms with van der Waals surface area (Å²) in [5, 5.41) is 33.6. The third kappa shape index (κ3) is 2.29. The van der Waals surface area contributed by atoms with Crippen molar-refractivity contribution >= 4 is 28.5 Å². The van der Waals surface area contributed by atoms with Crippen LogP contribution in [0.4, 0.5) is 15.8 Å². The Morgan fingerprint density at radius 2 is 1.82 bits per heavy atom. The van der Waals surface area contributed by atoms with E-state index in [1.165, 1.54) is 36.4 Å². The molecule has 28 heavy (non-hydrogen) atoms. The molecule has 0 amide bonds. The van der Waals surface area contributed by atoms with Crippen molar-refractivity contribution in [1.29, 1.82) is 5.41 Å². The Morgan fingerprint density at radius 3 is 2.39 bits per heavy atom. The Hall–Kier alpha value is -3.49. The van der Waals surface area contributed by atoms with E-state index in [0.29, 0.717) is 22.7 Å². The molecule has 1 aliphatic rings. The largest absolute Gasteiger partial charge is 0.508 e. The van der Waals surface area contributed by atoms with Gasteiger partial charge in [0.25, 0.3) is 0 Å². The lowest BCUT2D eigenvalue weighted by Crippen LogP contribution is -2.37. The SMILES string of the molecule is Cc1noc(C)c1C1=C(C(=N)N)c2c(F)cccc2[N+]1(O)c1ccc(O)cc1. The van der Waals surface area contributed by atoms with E-state index >= 15 is 0 Å². The molecule has 4 rings (SSSR count). The van der Waals surface area contributed by atoms with Crippen LogP contribution in [0.5, 0.6) is 5.75 Å². The number of halogens is 1. The average Bonchev–Trinajstić information content (AvgIpc) is 3.11. The predicted molar refractivity (Wildman–Crippen MR) is 102 cm³/mol. The Bertz CT molecular complexity index is 1130. The third-order valence-corrected chi connectivity index (χ3v) is 4.91. The fourth-order valence-corrected chi connectivity index (χ4v) is 3.74. The molecule has 0 fully saturated rings. The summed E-state index contributed by atoms with van der Waals surface area (Å²) in [6, 6.07) is 10.2. The number of amidine groups is 1. The van der Waals surface area contributed by atoms with E-state index in [1.807, 2.05) is 0 Å². The van der Waals surface area contributed by atoms with Gasteiger partial charge < -0.3 is 15.4 Å². The fraction of sp³-hybridized carbons (Fsp3) is 0.100. The molecule has 142 valence electrons. The molecule has 1 aromatic heterocycles. The second kappa shape index (κ2) is 6.01. The van der Waals surface area contributed by atoms with E-state index < -0.39 is 16.3 Å². The Kier molecular flexibility index (Phi) is 3.84. The number of phenols is 1. The number of aromatic hydroxyl groups is 1. The molecule has 0 aliphatic carbocycles. The van der Waals surface area contributed by atoms with E-state index in [9.17, 15) is 14.7 Å². The van der Waals surface area contributed by atoms with Crippen LogP contribution in [0, 0.1) is 25.1 Å². The number of rotatable bonds is 3. The Balaban J connectivity index is 2.18. The fourth-order valence-electron chi connectivity index (χ4n) is 3.74. The molecular formula is C20H18FN4O3+. The van der Waals surface area contributed by atoms with Gasteiger partial charge in [-0.05, 0) is 32.0 Å². The Labute approximate surface area is 159 Å². The van der Waals surface area contributed by atoms with Crippen molar-refractivity contribution in [2.75, 3.05) is 0 Å². The number of phenolic OH excluding ortho intramolecular Hbond substituents is 1. The Morgan fingerprint density at radius 1 is 1.14 bits per heavy atom. The van der Waals surface area contributed by atoms with Crippen LogP contribution < -0.4 is 10.4 Å². The van der Waals surface area contributed by atoms with E-state index in [4.69, 9.17) is 15.7 Å². The monoisotopic (exact) mass is 381 g/mol. The maximum absolute atomic E-state index is 14.9. The van der Waals surface area contributed by atoms with Crippen molar-refractivity contribution in [3.8, 4) is 5.75 Å². The minimum absolute atomic E-state index is 0.0173. The van der Waals surface area contributed by atoms with Gasteiger partial charge in [-0.1, -0.05) is 15.9 Å². The summed E-state index contributed by atoms with van der Waals surface area (Å²) < 4.78 is 19.2. The van der Waals surface area contributed by atoms with E-state index in [0.717, 1.165) is 0 Å². The van der Waals surface area contributed by atoms with Crippen molar-refractivity contribution in [2.24, 2.45) is 5.73 Å². The summed E-state index contributed by atoms with van der Waals surface area (Å²) in [7, 11) is 0. The quantitative estimate of drug-likeness (QED) is 0.311. The highest BCUT2D eigenvalue weighted by Gasteiger charge is 2.52. The maximum atomic E-state index is 14.9. The van der Waals surface area contributed by atoms with Crippen LogP contribution >= 0.6 is 0 Å². The van der Waals surface area contributed by atoms with Gasteiger partial charge in [-0.3, -0.25) is 5.41 Å². The summed E-state index contributed by atoms with van der Waals surface area (Å²) in [6.07, 6.45) is 0. The number of hydroxylamine groups is 1. The molecule has 0 spiro atoms. The molecule has 0 bridgehead atoms. The standard InChI is InChI=1S/C20H17FN4O3/c1-10-16(11(2)28-24-10)19-18(20(22)23)17-14(21)4-3-5-15(17)25(19,27)12-6-8-13(26)9-7-12/h3-9,27H,1-2H3,(H3-,22,23,26)/p+1. The minimum atomic E-state index is -0.939. The zero-order valence-electron chi connectivity index (χ0n) is 15.2. The van der Waals surface area contributed by atoms with E-state index in [2.05, 4.69) is 5.16 Å². The first-order chi connectivity index (χ1) is 13.3. The van der Waals surface area contributed by atoms with Gasteiger partial charge >= 0.3 is 0 Å². The van der Waals surface area contributed by atoms with Crippen LogP contribution in [-0.2, 0) is 0 Å². The molecule has 5 N–H and O–H groups in total. The van der Waals surface area contributed by atoms with Crippen LogP contribution in [0.15, 0.2) is 47.0 Å². The highest BCUT2D eigenvalue weighted by molar-refractivity contribution is 6.32. The zero-order chi connectivity index (χ0) is 20.2. The summed E-state index contributed by atoms with van der Waals surface area (Å²) >= 11 is 0. The first-order valence-electron chi connectivity index (χ1n) is 8.50. The van der Waals surface area contributed by atoms with Crippen molar-refractivity contribution in [3.63, 3.8) is 0 Å².